The Hall–Kier alpha value is -1.70. The summed E-state index contributed by atoms with van der Waals surface area (Å²) in [5.74, 6) is 2.24. The summed E-state index contributed by atoms with van der Waals surface area (Å²) in [4.78, 5) is 5.07. The van der Waals surface area contributed by atoms with Crippen molar-refractivity contribution in [2.24, 2.45) is 16.8 Å². The minimum atomic E-state index is -0.579. The molecule has 2 heterocycles. The lowest BCUT2D eigenvalue weighted by Gasteiger charge is -2.40. The number of hydrogen-bond acceptors (Lipinski definition) is 3. The highest BCUT2D eigenvalue weighted by Gasteiger charge is 2.52. The Balaban J connectivity index is 1.56. The summed E-state index contributed by atoms with van der Waals surface area (Å²) in [5, 5.41) is 2.86. The molecule has 0 aromatic heterocycles. The van der Waals surface area contributed by atoms with Crippen LogP contribution in [0.3, 0.4) is 0 Å². The van der Waals surface area contributed by atoms with Gasteiger partial charge in [0.05, 0.1) is 12.1 Å². The van der Waals surface area contributed by atoms with Gasteiger partial charge in [-0.25, -0.2) is 4.99 Å². The summed E-state index contributed by atoms with van der Waals surface area (Å²) in [6.07, 6.45) is 3.91. The Morgan fingerprint density at radius 1 is 0.964 bits per heavy atom. The molecule has 1 aliphatic carbocycles. The smallest absolute Gasteiger partial charge is 0.202 e. The minimum Gasteiger partial charge on any atom is -0.478 e. The third-order valence-electron chi connectivity index (χ3n) is 6.50. The van der Waals surface area contributed by atoms with Gasteiger partial charge in [0.15, 0.2) is 0 Å². The van der Waals surface area contributed by atoms with Crippen LogP contribution in [0.25, 0.3) is 0 Å². The fraction of sp³-hybridized carbons (Fsp3) is 0.458. The van der Waals surface area contributed by atoms with Crippen LogP contribution in [-0.2, 0) is 4.74 Å². The predicted octanol–water partition coefficient (Wildman–Crippen LogP) is 4.34. The van der Waals surface area contributed by atoms with Crippen molar-refractivity contribution in [3.63, 3.8) is 0 Å². The van der Waals surface area contributed by atoms with Crippen LogP contribution in [-0.4, -0.2) is 35.3 Å². The Kier molecular flexibility index (Phi) is 4.99. The summed E-state index contributed by atoms with van der Waals surface area (Å²) in [5.41, 5.74) is 0. The van der Waals surface area contributed by atoms with E-state index in [1.165, 1.54) is 29.9 Å². The molecule has 2 bridgehead atoms. The summed E-state index contributed by atoms with van der Waals surface area (Å²) >= 11 is 0. The molecular weight excluding hydrogens is 363 g/mol. The normalized spacial score (nSPS) is 29.5. The highest BCUT2D eigenvalue weighted by Crippen LogP contribution is 2.55. The lowest BCUT2D eigenvalue weighted by Crippen LogP contribution is -2.46. The third-order valence-corrected chi connectivity index (χ3v) is 9.11. The average molecular weight is 392 g/mol. The lowest BCUT2D eigenvalue weighted by molar-refractivity contribution is 0.241. The van der Waals surface area contributed by atoms with Crippen LogP contribution >= 0.6 is 8.07 Å². The number of fused-ring (bicyclic) bond motifs is 2. The molecule has 4 heteroatoms. The van der Waals surface area contributed by atoms with E-state index in [9.17, 15) is 0 Å². The summed E-state index contributed by atoms with van der Waals surface area (Å²) < 4.78 is 9.04. The fourth-order valence-corrected chi connectivity index (χ4v) is 7.84. The largest absolute Gasteiger partial charge is 0.478 e. The van der Waals surface area contributed by atoms with Crippen molar-refractivity contribution in [3.8, 4) is 0 Å². The summed E-state index contributed by atoms with van der Waals surface area (Å²) in [7, 11) is -0.579. The average Bonchev–Trinajstić information content (AvgIpc) is 3.46. The third kappa shape index (κ3) is 3.19. The lowest BCUT2D eigenvalue weighted by atomic mass is 10.00. The summed E-state index contributed by atoms with van der Waals surface area (Å²) in [6, 6.07) is 23.4. The van der Waals surface area contributed by atoms with Crippen molar-refractivity contribution in [3.05, 3.63) is 60.7 Å². The molecule has 0 N–H and O–H groups in total. The predicted molar refractivity (Wildman–Crippen MR) is 118 cm³/mol. The quantitative estimate of drug-likeness (QED) is 0.707. The first-order valence-electron chi connectivity index (χ1n) is 10.6. The number of rotatable bonds is 5. The van der Waals surface area contributed by atoms with Crippen molar-refractivity contribution in [1.29, 1.82) is 0 Å². The fourth-order valence-electron chi connectivity index (χ4n) is 5.03. The molecule has 5 rings (SSSR count). The molecule has 146 valence electrons. The van der Waals surface area contributed by atoms with Crippen molar-refractivity contribution in [2.75, 3.05) is 6.61 Å². The van der Waals surface area contributed by atoms with Gasteiger partial charge in [0.1, 0.15) is 6.61 Å². The highest BCUT2D eigenvalue weighted by molar-refractivity contribution is 7.70. The van der Waals surface area contributed by atoms with E-state index in [2.05, 4.69) is 79.2 Å². The van der Waals surface area contributed by atoms with Crippen LogP contribution in [0.5, 0.6) is 0 Å². The van der Waals surface area contributed by atoms with Crippen LogP contribution in [0.2, 0.25) is 0 Å². The zero-order valence-corrected chi connectivity index (χ0v) is 17.6. The first-order valence-corrected chi connectivity index (χ1v) is 11.9. The number of aliphatic imine (C=N–C) groups is 1. The molecule has 2 fully saturated rings. The van der Waals surface area contributed by atoms with Gasteiger partial charge in [0.2, 0.25) is 5.90 Å². The maximum Gasteiger partial charge on any atom is 0.202 e. The molecule has 1 saturated heterocycles. The Labute approximate surface area is 169 Å². The topological polar surface area (TPSA) is 24.8 Å². The Bertz CT molecular complexity index is 799. The standard InChI is InChI=1S/C24H29N2OP/c1-17(2)22-16-27-24(25-22)23-18-13-14-19(15-18)26(23)28(20-9-5-3-6-10-20)21-11-7-4-8-12-21/h3-12,17-19,22-23H,13-16H2,1-2H3/t18-,19+,22-,23+/m1/s1. The molecule has 0 unspecified atom stereocenters. The van der Waals surface area contributed by atoms with E-state index in [0.29, 0.717) is 30.0 Å². The number of nitrogens with zero attached hydrogens (tertiary/aromatic N) is 2. The summed E-state index contributed by atoms with van der Waals surface area (Å²) in [6.45, 7) is 5.25. The molecule has 1 saturated carbocycles. The molecule has 2 aromatic rings. The van der Waals surface area contributed by atoms with Crippen LogP contribution in [0, 0.1) is 11.8 Å². The molecule has 28 heavy (non-hydrogen) atoms. The molecule has 0 amide bonds. The SMILES string of the molecule is CC(C)[C@H]1COC([C@@H]2[C@@H]3CC[C@@H](C3)N2P(c2ccccc2)c2ccccc2)=N1. The maximum absolute atomic E-state index is 6.23. The van der Waals surface area contributed by atoms with Crippen LogP contribution < -0.4 is 10.6 Å². The van der Waals surface area contributed by atoms with Gasteiger partial charge in [0, 0.05) is 14.1 Å². The van der Waals surface area contributed by atoms with Crippen molar-refractivity contribution in [2.45, 2.75) is 51.2 Å². The van der Waals surface area contributed by atoms with Gasteiger partial charge in [0.25, 0.3) is 0 Å². The van der Waals surface area contributed by atoms with E-state index in [4.69, 9.17) is 9.73 Å². The van der Waals surface area contributed by atoms with Gasteiger partial charge in [-0.1, -0.05) is 74.5 Å². The van der Waals surface area contributed by atoms with E-state index in [1.54, 1.807) is 0 Å². The Morgan fingerprint density at radius 3 is 2.18 bits per heavy atom. The first kappa shape index (κ1) is 18.3. The zero-order chi connectivity index (χ0) is 19.1. The highest BCUT2D eigenvalue weighted by atomic mass is 31.1. The van der Waals surface area contributed by atoms with Gasteiger partial charge in [-0.05, 0) is 41.7 Å². The van der Waals surface area contributed by atoms with Crippen LogP contribution in [0.4, 0.5) is 0 Å². The molecular formula is C24H29N2OP. The molecule has 4 atom stereocenters. The van der Waals surface area contributed by atoms with E-state index in [1.807, 2.05) is 0 Å². The van der Waals surface area contributed by atoms with Crippen molar-refractivity contribution < 1.29 is 4.74 Å². The number of ether oxygens (including phenoxy) is 1. The molecule has 3 nitrogen and oxygen atoms in total. The zero-order valence-electron chi connectivity index (χ0n) is 16.7. The van der Waals surface area contributed by atoms with Gasteiger partial charge in [-0.15, -0.1) is 0 Å². The maximum atomic E-state index is 6.23. The Morgan fingerprint density at radius 2 is 1.61 bits per heavy atom. The number of benzene rings is 2. The molecule has 0 radical (unpaired) electrons. The molecule has 3 aliphatic rings. The van der Waals surface area contributed by atoms with Crippen LogP contribution in [0.1, 0.15) is 33.1 Å². The van der Waals surface area contributed by atoms with Gasteiger partial charge < -0.3 is 4.74 Å². The van der Waals surface area contributed by atoms with Gasteiger partial charge >= 0.3 is 0 Å². The molecule has 2 aromatic carbocycles. The van der Waals surface area contributed by atoms with Gasteiger partial charge in [-0.3, -0.25) is 4.67 Å². The van der Waals surface area contributed by atoms with Crippen molar-refractivity contribution >= 4 is 24.6 Å². The molecule has 2 aliphatic heterocycles. The van der Waals surface area contributed by atoms with E-state index in [0.717, 1.165) is 12.5 Å². The second-order valence-corrected chi connectivity index (χ2v) is 10.7. The van der Waals surface area contributed by atoms with E-state index in [-0.39, 0.29) is 0 Å². The van der Waals surface area contributed by atoms with Gasteiger partial charge in [-0.2, -0.15) is 0 Å². The van der Waals surface area contributed by atoms with Crippen LogP contribution in [0.15, 0.2) is 65.7 Å². The minimum absolute atomic E-state index is 0.315. The second kappa shape index (κ2) is 7.61. The monoisotopic (exact) mass is 392 g/mol. The van der Waals surface area contributed by atoms with Crippen molar-refractivity contribution in [1.82, 2.24) is 4.67 Å². The van der Waals surface area contributed by atoms with E-state index >= 15 is 0 Å². The first-order chi connectivity index (χ1) is 13.7. The molecule has 0 spiro atoms. The number of piperidine rings is 1. The second-order valence-electron chi connectivity index (χ2n) is 8.62. The van der Waals surface area contributed by atoms with E-state index < -0.39 is 8.07 Å². The number of hydrogen-bond donors (Lipinski definition) is 0.